The molecule has 31 heavy (non-hydrogen) atoms. The van der Waals surface area contributed by atoms with Gasteiger partial charge < -0.3 is 15.2 Å². The smallest absolute Gasteiger partial charge is 0.260 e. The molecule has 0 fully saturated rings. The molecule has 4 heterocycles. The molecular formula is C22H28N8O. The zero-order chi connectivity index (χ0) is 22.1. The third-order valence-corrected chi connectivity index (χ3v) is 5.50. The molecule has 0 saturated carbocycles. The Morgan fingerprint density at radius 1 is 1.23 bits per heavy atom. The van der Waals surface area contributed by atoms with Gasteiger partial charge in [-0.15, -0.1) is 10.2 Å². The number of hydrogen-bond acceptors (Lipinski definition) is 7. The molecule has 162 valence electrons. The Labute approximate surface area is 181 Å². The quantitative estimate of drug-likeness (QED) is 0.626. The number of fused-ring (bicyclic) bond motifs is 1. The van der Waals surface area contributed by atoms with Gasteiger partial charge in [0.25, 0.3) is 5.91 Å². The lowest BCUT2D eigenvalue weighted by atomic mass is 10.0. The summed E-state index contributed by atoms with van der Waals surface area (Å²) in [6, 6.07) is 7.23. The lowest BCUT2D eigenvalue weighted by molar-refractivity contribution is 0.0996. The van der Waals surface area contributed by atoms with Crippen LogP contribution in [0.2, 0.25) is 0 Å². The lowest BCUT2D eigenvalue weighted by Gasteiger charge is -2.18. The molecule has 0 radical (unpaired) electrons. The lowest BCUT2D eigenvalue weighted by Crippen LogP contribution is -2.24. The van der Waals surface area contributed by atoms with Gasteiger partial charge in [0.2, 0.25) is 0 Å². The predicted octanol–water partition coefficient (Wildman–Crippen LogP) is 2.78. The standard InChI is InChI=1S/C22H28N8O/c1-5-10-29-13-24-27-21(29)17-8-7-9-18(25-17)30-12-15-14(22(30)31)11-19(28(3)4)26-20(15)16(23)6-2/h7-9,11,13,16H,5-6,10,12,23H2,1-4H3. The first-order chi connectivity index (χ1) is 14.9. The molecule has 3 aromatic rings. The Bertz CT molecular complexity index is 1110. The van der Waals surface area contributed by atoms with E-state index >= 15 is 0 Å². The van der Waals surface area contributed by atoms with Gasteiger partial charge in [0, 0.05) is 32.2 Å². The van der Waals surface area contributed by atoms with Crippen LogP contribution in [0.1, 0.15) is 54.3 Å². The average Bonchev–Trinajstić information content (AvgIpc) is 3.37. The first-order valence-electron chi connectivity index (χ1n) is 10.6. The van der Waals surface area contributed by atoms with Crippen molar-refractivity contribution in [1.82, 2.24) is 24.7 Å². The Balaban J connectivity index is 1.73. The van der Waals surface area contributed by atoms with Crippen LogP contribution in [-0.4, -0.2) is 44.7 Å². The number of pyridine rings is 2. The third-order valence-electron chi connectivity index (χ3n) is 5.50. The monoisotopic (exact) mass is 420 g/mol. The van der Waals surface area contributed by atoms with Crippen LogP contribution in [0.3, 0.4) is 0 Å². The summed E-state index contributed by atoms with van der Waals surface area (Å²) in [7, 11) is 3.81. The Morgan fingerprint density at radius 3 is 2.74 bits per heavy atom. The highest BCUT2D eigenvalue weighted by Crippen LogP contribution is 2.34. The number of carbonyl (C=O) groups excluding carboxylic acids is 1. The number of nitrogens with two attached hydrogens (primary N) is 1. The van der Waals surface area contributed by atoms with Gasteiger partial charge in [0.05, 0.1) is 17.8 Å². The molecule has 1 aliphatic rings. The molecule has 9 heteroatoms. The van der Waals surface area contributed by atoms with Gasteiger partial charge in [-0.25, -0.2) is 9.97 Å². The van der Waals surface area contributed by atoms with Gasteiger partial charge in [-0.2, -0.15) is 0 Å². The highest BCUT2D eigenvalue weighted by molar-refractivity contribution is 6.10. The number of hydrogen-bond donors (Lipinski definition) is 1. The number of aromatic nitrogens is 5. The highest BCUT2D eigenvalue weighted by Gasteiger charge is 2.34. The fourth-order valence-electron chi connectivity index (χ4n) is 3.78. The predicted molar refractivity (Wildman–Crippen MR) is 120 cm³/mol. The summed E-state index contributed by atoms with van der Waals surface area (Å²) in [4.78, 5) is 26.4. The van der Waals surface area contributed by atoms with E-state index in [4.69, 9.17) is 15.7 Å². The summed E-state index contributed by atoms with van der Waals surface area (Å²) in [5.74, 6) is 1.90. The van der Waals surface area contributed by atoms with E-state index < -0.39 is 0 Å². The van der Waals surface area contributed by atoms with Crippen molar-refractivity contribution < 1.29 is 4.79 Å². The van der Waals surface area contributed by atoms with Crippen LogP contribution >= 0.6 is 0 Å². The average molecular weight is 421 g/mol. The van der Waals surface area contributed by atoms with Crippen molar-refractivity contribution in [3.8, 4) is 11.5 Å². The van der Waals surface area contributed by atoms with Crippen LogP contribution in [0.25, 0.3) is 11.5 Å². The zero-order valence-electron chi connectivity index (χ0n) is 18.4. The number of aryl methyl sites for hydroxylation is 1. The first kappa shape index (κ1) is 20.9. The zero-order valence-corrected chi connectivity index (χ0v) is 18.4. The molecule has 0 saturated heterocycles. The maximum Gasteiger partial charge on any atom is 0.260 e. The summed E-state index contributed by atoms with van der Waals surface area (Å²) in [6.07, 6.45) is 3.41. The van der Waals surface area contributed by atoms with Crippen molar-refractivity contribution in [2.24, 2.45) is 5.73 Å². The fraction of sp³-hybridized carbons (Fsp3) is 0.409. The van der Waals surface area contributed by atoms with Crippen molar-refractivity contribution >= 4 is 17.5 Å². The van der Waals surface area contributed by atoms with Crippen LogP contribution in [0.4, 0.5) is 11.6 Å². The Hall–Kier alpha value is -3.33. The summed E-state index contributed by atoms with van der Waals surface area (Å²) in [6.45, 7) is 5.32. The summed E-state index contributed by atoms with van der Waals surface area (Å²) < 4.78 is 1.97. The summed E-state index contributed by atoms with van der Waals surface area (Å²) >= 11 is 0. The van der Waals surface area contributed by atoms with Gasteiger partial charge in [0.1, 0.15) is 23.7 Å². The number of amides is 1. The van der Waals surface area contributed by atoms with Gasteiger partial charge in [-0.05, 0) is 31.0 Å². The van der Waals surface area contributed by atoms with E-state index in [1.54, 1.807) is 11.2 Å². The third kappa shape index (κ3) is 3.76. The molecule has 0 bridgehead atoms. The molecule has 1 atom stereocenters. The second kappa shape index (κ2) is 8.43. The summed E-state index contributed by atoms with van der Waals surface area (Å²) in [5, 5.41) is 8.25. The normalized spacial score (nSPS) is 14.1. The topological polar surface area (TPSA) is 106 Å². The van der Waals surface area contributed by atoms with Gasteiger partial charge in [0.15, 0.2) is 5.82 Å². The molecule has 0 aliphatic carbocycles. The molecule has 3 aromatic heterocycles. The first-order valence-corrected chi connectivity index (χ1v) is 10.6. The fourth-order valence-corrected chi connectivity index (χ4v) is 3.78. The molecule has 0 spiro atoms. The minimum atomic E-state index is -0.228. The maximum atomic E-state index is 13.4. The van der Waals surface area contributed by atoms with E-state index in [1.807, 2.05) is 54.8 Å². The van der Waals surface area contributed by atoms with E-state index in [9.17, 15) is 4.79 Å². The van der Waals surface area contributed by atoms with Crippen LogP contribution in [0.5, 0.6) is 0 Å². The molecule has 4 rings (SSSR count). The minimum Gasteiger partial charge on any atom is -0.363 e. The van der Waals surface area contributed by atoms with Crippen LogP contribution < -0.4 is 15.5 Å². The Morgan fingerprint density at radius 2 is 2.03 bits per heavy atom. The van der Waals surface area contributed by atoms with E-state index in [0.29, 0.717) is 29.4 Å². The van der Waals surface area contributed by atoms with Crippen LogP contribution in [0, 0.1) is 0 Å². The van der Waals surface area contributed by atoms with Crippen molar-refractivity contribution in [2.75, 3.05) is 23.9 Å². The largest absolute Gasteiger partial charge is 0.363 e. The number of carbonyl (C=O) groups is 1. The number of nitrogens with zero attached hydrogens (tertiary/aromatic N) is 7. The van der Waals surface area contributed by atoms with E-state index in [0.717, 1.165) is 36.5 Å². The second-order valence-electron chi connectivity index (χ2n) is 7.92. The summed E-state index contributed by atoms with van der Waals surface area (Å²) in [5.41, 5.74) is 9.33. The molecule has 1 amide bonds. The minimum absolute atomic E-state index is 0.0928. The van der Waals surface area contributed by atoms with Gasteiger partial charge in [-0.3, -0.25) is 9.69 Å². The molecule has 1 aliphatic heterocycles. The SMILES string of the molecule is CCCn1cnnc1-c1cccc(N2Cc3c(cc(N(C)C)nc3C(N)CC)C2=O)n1. The van der Waals surface area contributed by atoms with Gasteiger partial charge >= 0.3 is 0 Å². The molecule has 9 nitrogen and oxygen atoms in total. The van der Waals surface area contributed by atoms with Gasteiger partial charge in [-0.1, -0.05) is 19.9 Å². The number of rotatable bonds is 7. The number of anilines is 2. The highest BCUT2D eigenvalue weighted by atomic mass is 16.2. The molecule has 2 N–H and O–H groups in total. The van der Waals surface area contributed by atoms with Crippen LogP contribution in [0.15, 0.2) is 30.6 Å². The van der Waals surface area contributed by atoms with Crippen molar-refractivity contribution in [1.29, 1.82) is 0 Å². The Kier molecular flexibility index (Phi) is 5.69. The maximum absolute atomic E-state index is 13.4. The van der Waals surface area contributed by atoms with Crippen molar-refractivity contribution in [3.05, 3.63) is 47.4 Å². The van der Waals surface area contributed by atoms with Crippen LogP contribution in [-0.2, 0) is 13.1 Å². The van der Waals surface area contributed by atoms with E-state index in [1.165, 1.54) is 0 Å². The van der Waals surface area contributed by atoms with E-state index in [-0.39, 0.29) is 11.9 Å². The molecule has 0 aromatic carbocycles. The second-order valence-corrected chi connectivity index (χ2v) is 7.92. The molecular weight excluding hydrogens is 392 g/mol. The van der Waals surface area contributed by atoms with Crippen molar-refractivity contribution in [3.63, 3.8) is 0 Å². The van der Waals surface area contributed by atoms with E-state index in [2.05, 4.69) is 17.1 Å². The van der Waals surface area contributed by atoms with Crippen molar-refractivity contribution in [2.45, 2.75) is 45.8 Å². The molecule has 1 unspecified atom stereocenters.